The first-order valence-electron chi connectivity index (χ1n) is 11.4. The quantitative estimate of drug-likeness (QED) is 0.332. The molecular formula is C28H21NO6. The third kappa shape index (κ3) is 3.11. The number of carbonyl (C=O) groups is 4. The highest BCUT2D eigenvalue weighted by Gasteiger charge is 2.61. The minimum atomic E-state index is -0.724. The maximum Gasteiger partial charge on any atom is 0.337 e. The molecule has 35 heavy (non-hydrogen) atoms. The number of amides is 2. The fourth-order valence-corrected chi connectivity index (χ4v) is 5.96. The number of hydrogen-bond donors (Lipinski definition) is 0. The molecule has 174 valence electrons. The maximum atomic E-state index is 13.5. The Morgan fingerprint density at radius 2 is 1.20 bits per heavy atom. The topological polar surface area (TPSA) is 90.0 Å². The van der Waals surface area contributed by atoms with E-state index < -0.39 is 30.3 Å². The van der Waals surface area contributed by atoms with Gasteiger partial charge in [-0.05, 0) is 46.5 Å². The number of carbonyl (C=O) groups excluding carboxylic acids is 4. The summed E-state index contributed by atoms with van der Waals surface area (Å²) in [5, 5.41) is 0. The van der Waals surface area contributed by atoms with Crippen LogP contribution in [0.2, 0.25) is 0 Å². The number of likely N-dealkylation sites (tertiary alicyclic amines) is 1. The molecule has 4 aliphatic rings. The van der Waals surface area contributed by atoms with Crippen LogP contribution < -0.4 is 4.74 Å². The molecule has 2 bridgehead atoms. The number of rotatable bonds is 4. The van der Waals surface area contributed by atoms with Crippen LogP contribution in [0.25, 0.3) is 0 Å². The van der Waals surface area contributed by atoms with Gasteiger partial charge in [-0.3, -0.25) is 14.5 Å². The molecule has 1 aliphatic heterocycles. The molecule has 0 saturated carbocycles. The van der Waals surface area contributed by atoms with Crippen molar-refractivity contribution >= 4 is 23.8 Å². The van der Waals surface area contributed by atoms with E-state index in [0.717, 1.165) is 27.2 Å². The lowest BCUT2D eigenvalue weighted by atomic mass is 9.55. The zero-order chi connectivity index (χ0) is 24.3. The third-order valence-electron chi connectivity index (χ3n) is 7.33. The molecule has 1 saturated heterocycles. The molecule has 0 unspecified atom stereocenters. The molecule has 2 amide bonds. The van der Waals surface area contributed by atoms with E-state index in [2.05, 4.69) is 4.74 Å². The predicted octanol–water partition coefficient (Wildman–Crippen LogP) is 3.27. The first-order chi connectivity index (χ1) is 17.0. The summed E-state index contributed by atoms with van der Waals surface area (Å²) in [6.07, 6.45) is 0. The van der Waals surface area contributed by atoms with Crippen molar-refractivity contribution in [1.82, 2.24) is 4.90 Å². The Bertz CT molecular complexity index is 1280. The lowest BCUT2D eigenvalue weighted by Crippen LogP contribution is -2.41. The molecule has 3 aliphatic carbocycles. The number of hydrogen-bond acceptors (Lipinski definition) is 6. The molecule has 1 fully saturated rings. The molecule has 2 atom stereocenters. The van der Waals surface area contributed by atoms with Crippen molar-refractivity contribution in [2.45, 2.75) is 11.8 Å². The summed E-state index contributed by atoms with van der Waals surface area (Å²) in [5.74, 6) is -3.21. The Balaban J connectivity index is 1.27. The first-order valence-corrected chi connectivity index (χ1v) is 11.4. The van der Waals surface area contributed by atoms with Gasteiger partial charge in [0.25, 0.3) is 0 Å². The van der Waals surface area contributed by atoms with Gasteiger partial charge in [-0.1, -0.05) is 48.5 Å². The van der Waals surface area contributed by atoms with Crippen molar-refractivity contribution in [1.29, 1.82) is 0 Å². The van der Waals surface area contributed by atoms with Gasteiger partial charge in [-0.15, -0.1) is 0 Å². The normalized spacial score (nSPS) is 23.4. The van der Waals surface area contributed by atoms with Crippen molar-refractivity contribution in [3.63, 3.8) is 0 Å². The second kappa shape index (κ2) is 7.91. The van der Waals surface area contributed by atoms with Gasteiger partial charge in [-0.25, -0.2) is 9.59 Å². The summed E-state index contributed by atoms with van der Waals surface area (Å²) in [6.45, 7) is -0.463. The van der Waals surface area contributed by atoms with Crippen molar-refractivity contribution in [2.75, 3.05) is 13.7 Å². The van der Waals surface area contributed by atoms with E-state index in [9.17, 15) is 19.2 Å². The van der Waals surface area contributed by atoms with E-state index >= 15 is 0 Å². The highest BCUT2D eigenvalue weighted by Crippen LogP contribution is 2.60. The number of ether oxygens (including phenoxy) is 2. The van der Waals surface area contributed by atoms with Crippen LogP contribution in [-0.4, -0.2) is 42.3 Å². The van der Waals surface area contributed by atoms with Crippen molar-refractivity contribution in [3.05, 3.63) is 101 Å². The fraction of sp³-hybridized carbons (Fsp3) is 0.214. The van der Waals surface area contributed by atoms with Gasteiger partial charge in [-0.2, -0.15) is 0 Å². The summed E-state index contributed by atoms with van der Waals surface area (Å²) in [5.41, 5.74) is 4.63. The number of imide groups is 1. The highest BCUT2D eigenvalue weighted by atomic mass is 16.5. The third-order valence-corrected chi connectivity index (χ3v) is 7.33. The second-order valence-corrected chi connectivity index (χ2v) is 9.02. The van der Waals surface area contributed by atoms with E-state index in [1.54, 1.807) is 0 Å². The zero-order valence-corrected chi connectivity index (χ0v) is 18.8. The maximum absolute atomic E-state index is 13.5. The van der Waals surface area contributed by atoms with Crippen LogP contribution in [0.5, 0.6) is 5.75 Å². The summed E-state index contributed by atoms with van der Waals surface area (Å²) in [4.78, 5) is 52.4. The summed E-state index contributed by atoms with van der Waals surface area (Å²) in [6, 6.07) is 21.8. The second-order valence-electron chi connectivity index (χ2n) is 9.02. The highest BCUT2D eigenvalue weighted by molar-refractivity contribution is 6.09. The summed E-state index contributed by atoms with van der Waals surface area (Å²) in [7, 11) is 1.28. The van der Waals surface area contributed by atoms with Crippen molar-refractivity contribution in [2.24, 2.45) is 11.8 Å². The molecule has 7 nitrogen and oxygen atoms in total. The molecule has 3 aromatic rings. The average molecular weight is 467 g/mol. The first kappa shape index (κ1) is 21.3. The molecule has 1 heterocycles. The number of esters is 2. The number of benzene rings is 3. The Hall–Kier alpha value is -4.26. The molecule has 0 N–H and O–H groups in total. The molecule has 7 heteroatoms. The largest absolute Gasteiger partial charge is 0.465 e. The molecule has 0 aromatic heterocycles. The van der Waals surface area contributed by atoms with Gasteiger partial charge in [0.15, 0.2) is 0 Å². The Kier molecular flexibility index (Phi) is 4.81. The smallest absolute Gasteiger partial charge is 0.337 e. The zero-order valence-electron chi connectivity index (χ0n) is 18.8. The van der Waals surface area contributed by atoms with Gasteiger partial charge >= 0.3 is 11.9 Å². The van der Waals surface area contributed by atoms with Gasteiger partial charge in [0.05, 0.1) is 24.5 Å². The van der Waals surface area contributed by atoms with Crippen LogP contribution in [0.3, 0.4) is 0 Å². The van der Waals surface area contributed by atoms with Gasteiger partial charge < -0.3 is 9.47 Å². The lowest BCUT2D eigenvalue weighted by Gasteiger charge is -2.45. The van der Waals surface area contributed by atoms with Gasteiger partial charge in [0.2, 0.25) is 11.8 Å². The van der Waals surface area contributed by atoms with Gasteiger partial charge in [0.1, 0.15) is 12.3 Å². The molecule has 0 spiro atoms. The van der Waals surface area contributed by atoms with E-state index in [-0.39, 0.29) is 29.4 Å². The number of nitrogens with zero attached hydrogens (tertiary/aromatic N) is 1. The van der Waals surface area contributed by atoms with Crippen LogP contribution >= 0.6 is 0 Å². The van der Waals surface area contributed by atoms with Crippen molar-refractivity contribution in [3.8, 4) is 5.75 Å². The predicted molar refractivity (Wildman–Crippen MR) is 124 cm³/mol. The van der Waals surface area contributed by atoms with Crippen LogP contribution in [0.1, 0.15) is 44.4 Å². The lowest BCUT2D eigenvalue weighted by molar-refractivity contribution is -0.148. The van der Waals surface area contributed by atoms with Crippen LogP contribution in [0.4, 0.5) is 0 Å². The molecule has 7 rings (SSSR count). The van der Waals surface area contributed by atoms with E-state index in [4.69, 9.17) is 4.74 Å². The van der Waals surface area contributed by atoms with E-state index in [0.29, 0.717) is 5.56 Å². The Morgan fingerprint density at radius 3 is 1.63 bits per heavy atom. The standard InChI is InChI=1S/C28H21NO6/c1-34-28(33)15-10-12-16(13-11-15)35-21(30)14-29-26(31)24-22-17-6-2-3-7-18(17)23(25(24)27(29)32)20-9-5-4-8-19(20)22/h2-13,22-25H,14H2,1H3/t22?,23?,24-,25-/m1/s1. The minimum absolute atomic E-state index is 0.207. The molecular weight excluding hydrogens is 446 g/mol. The summed E-state index contributed by atoms with van der Waals surface area (Å²) >= 11 is 0. The number of methoxy groups -OCH3 is 1. The van der Waals surface area contributed by atoms with E-state index in [1.165, 1.54) is 31.4 Å². The SMILES string of the molecule is COC(=O)c1ccc(OC(=O)CN2C(=O)[C@@H]3C4c5ccccc5C(c5ccccc54)[C@H]3C2=O)cc1. The van der Waals surface area contributed by atoms with Gasteiger partial charge in [0, 0.05) is 11.8 Å². The molecule has 0 radical (unpaired) electrons. The Labute approximate surface area is 201 Å². The van der Waals surface area contributed by atoms with E-state index in [1.807, 2.05) is 48.5 Å². The van der Waals surface area contributed by atoms with Crippen LogP contribution in [0, 0.1) is 11.8 Å². The fourth-order valence-electron chi connectivity index (χ4n) is 5.96. The van der Waals surface area contributed by atoms with Crippen LogP contribution in [0.15, 0.2) is 72.8 Å². The van der Waals surface area contributed by atoms with Crippen molar-refractivity contribution < 1.29 is 28.7 Å². The van der Waals surface area contributed by atoms with Crippen LogP contribution in [-0.2, 0) is 19.1 Å². The summed E-state index contributed by atoms with van der Waals surface area (Å²) < 4.78 is 10.0. The molecule has 3 aromatic carbocycles. The average Bonchev–Trinajstić information content (AvgIpc) is 3.14. The minimum Gasteiger partial charge on any atom is -0.465 e. The Morgan fingerprint density at radius 1 is 0.743 bits per heavy atom. The monoisotopic (exact) mass is 467 g/mol.